The van der Waals surface area contributed by atoms with Crippen molar-refractivity contribution in [3.8, 4) is 17.4 Å². The Morgan fingerprint density at radius 3 is 1.99 bits per heavy atom. The SMILES string of the molecule is CCC(CC)(NC(=O)c1ccc(N2CC(OC)C2)c(OC[C@H]2C[C@@H]2CO)n1)C(=O)NCCOCCOCCNC(=O)c1ccc2c(c1)C1(OC2=O)c2ccc(N)c(S(=O)(=O)O)c2Oc2c1ccc(N)c2S(=O)(=O)O. The third-order valence-electron chi connectivity index (χ3n) is 13.7. The Balaban J connectivity index is 0.837. The molecule has 0 radical (unpaired) electrons. The Morgan fingerprint density at radius 1 is 0.824 bits per heavy atom. The van der Waals surface area contributed by atoms with E-state index in [-0.39, 0.29) is 110 Å². The van der Waals surface area contributed by atoms with Crippen LogP contribution in [0.25, 0.3) is 0 Å². The lowest BCUT2D eigenvalue weighted by Gasteiger charge is -2.40. The molecular formula is C48H57N7O17S2. The second-order valence-electron chi connectivity index (χ2n) is 18.1. The maximum absolute atomic E-state index is 13.6. The van der Waals surface area contributed by atoms with Crippen LogP contribution in [0, 0.1) is 11.8 Å². The number of ether oxygens (including phenoxy) is 6. The first-order valence-corrected chi connectivity index (χ1v) is 26.5. The summed E-state index contributed by atoms with van der Waals surface area (Å²) in [4.78, 5) is 58.9. The number of nitrogens with two attached hydrogens (primary N) is 2. The number of nitrogens with zero attached hydrogens (tertiary/aromatic N) is 2. The van der Waals surface area contributed by atoms with Crippen molar-refractivity contribution in [1.82, 2.24) is 20.9 Å². The summed E-state index contributed by atoms with van der Waals surface area (Å²) in [5, 5.41) is 17.9. The van der Waals surface area contributed by atoms with E-state index in [1.54, 1.807) is 33.1 Å². The van der Waals surface area contributed by atoms with Crippen LogP contribution in [0.3, 0.4) is 0 Å². The summed E-state index contributed by atoms with van der Waals surface area (Å²) in [6, 6.07) is 12.0. The molecule has 4 heterocycles. The van der Waals surface area contributed by atoms with E-state index in [2.05, 4.69) is 20.9 Å². The summed E-state index contributed by atoms with van der Waals surface area (Å²) in [7, 11) is -8.76. The molecule has 3 aromatic carbocycles. The van der Waals surface area contributed by atoms with Gasteiger partial charge in [0, 0.05) is 62.1 Å². The van der Waals surface area contributed by atoms with Crippen LogP contribution >= 0.6 is 0 Å². The van der Waals surface area contributed by atoms with Crippen molar-refractivity contribution in [2.75, 3.05) is 89.3 Å². The smallest absolute Gasteiger partial charge is 0.340 e. The topological polar surface area (TPSA) is 357 Å². The highest BCUT2D eigenvalue weighted by molar-refractivity contribution is 7.86. The number of benzene rings is 3. The van der Waals surface area contributed by atoms with Crippen molar-refractivity contribution in [2.24, 2.45) is 11.8 Å². The van der Waals surface area contributed by atoms with Crippen LogP contribution in [0.5, 0.6) is 17.4 Å². The number of esters is 1. The van der Waals surface area contributed by atoms with E-state index >= 15 is 0 Å². The molecule has 1 saturated carbocycles. The predicted octanol–water partition coefficient (Wildman–Crippen LogP) is 2.02. The Hall–Kier alpha value is -6.65. The number of hydrogen-bond acceptors (Lipinski definition) is 19. The van der Waals surface area contributed by atoms with E-state index in [0.29, 0.717) is 25.6 Å². The van der Waals surface area contributed by atoms with Gasteiger partial charge >= 0.3 is 5.97 Å². The first-order chi connectivity index (χ1) is 35.2. The van der Waals surface area contributed by atoms with Gasteiger partial charge in [-0.1, -0.05) is 13.8 Å². The molecule has 4 aliphatic rings. The number of aromatic nitrogens is 1. The van der Waals surface area contributed by atoms with Crippen LogP contribution in [0.15, 0.2) is 64.4 Å². The number of aliphatic hydroxyl groups excluding tert-OH is 1. The van der Waals surface area contributed by atoms with Crippen LogP contribution in [0.1, 0.15) is 81.0 Å². The minimum absolute atomic E-state index is 0.00858. The van der Waals surface area contributed by atoms with E-state index < -0.39 is 87.7 Å². The first kappa shape index (κ1) is 53.6. The molecule has 4 aromatic rings. The second kappa shape index (κ2) is 21.3. The lowest BCUT2D eigenvalue weighted by molar-refractivity contribution is -0.128. The minimum atomic E-state index is -5.20. The van der Waals surface area contributed by atoms with Gasteiger partial charge in [-0.2, -0.15) is 16.8 Å². The van der Waals surface area contributed by atoms with Gasteiger partial charge in [0.05, 0.1) is 56.1 Å². The predicted molar refractivity (Wildman–Crippen MR) is 262 cm³/mol. The fourth-order valence-electron chi connectivity index (χ4n) is 9.26. The molecule has 74 heavy (non-hydrogen) atoms. The molecule has 26 heteroatoms. The standard InChI is InChI=1S/C48H57N7O17S2/c1-4-47(5-2,54-43(58)36-12-13-37(55-22-29(23-55)67-3)44(53-36)70-25-28-20-27(28)24-56)46(60)52-15-17-69-19-18-68-16-14-51-42(57)26-6-7-30-33(21-26)48(72-45(30)59)31-8-10-34(49)40(73(61,62)63)38(31)71-39-32(48)9-11-35(50)41(39)74(64,65)66/h6-13,21,27-29,56H,4-5,14-20,22-25,49-50H2,1-3H3,(H,51,57)(H,52,60)(H,54,58)(H,61,62,63)(H,64,65,66)/t27-,28-/m1/s1. The van der Waals surface area contributed by atoms with Crippen LogP contribution in [0.4, 0.5) is 17.1 Å². The minimum Gasteiger partial charge on any atom is -0.476 e. The highest BCUT2D eigenvalue weighted by Gasteiger charge is 2.56. The van der Waals surface area contributed by atoms with Crippen molar-refractivity contribution in [1.29, 1.82) is 0 Å². The number of carbonyl (C=O) groups excluding carboxylic acids is 4. The van der Waals surface area contributed by atoms with Crippen molar-refractivity contribution >= 4 is 61.0 Å². The average molecular weight is 1070 g/mol. The molecule has 398 valence electrons. The number of anilines is 3. The number of nitrogen functional groups attached to an aromatic ring is 2. The molecule has 3 aliphatic heterocycles. The number of carbonyl (C=O) groups is 4. The molecule has 1 aliphatic carbocycles. The molecule has 0 unspecified atom stereocenters. The van der Waals surface area contributed by atoms with Gasteiger partial charge in [-0.15, -0.1) is 0 Å². The van der Waals surface area contributed by atoms with Gasteiger partial charge in [0.15, 0.2) is 26.9 Å². The average Bonchev–Trinajstić information content (AvgIpc) is 4.06. The monoisotopic (exact) mass is 1070 g/mol. The highest BCUT2D eigenvalue weighted by Crippen LogP contribution is 2.60. The third kappa shape index (κ3) is 10.4. The number of rotatable bonds is 23. The molecule has 1 saturated heterocycles. The van der Waals surface area contributed by atoms with Gasteiger partial charge in [-0.25, -0.2) is 9.78 Å². The molecule has 2 atom stereocenters. The zero-order valence-electron chi connectivity index (χ0n) is 40.5. The van der Waals surface area contributed by atoms with Crippen molar-refractivity contribution in [3.63, 3.8) is 0 Å². The Bertz CT molecular complexity index is 3000. The van der Waals surface area contributed by atoms with Gasteiger partial charge in [-0.3, -0.25) is 23.5 Å². The molecule has 24 nitrogen and oxygen atoms in total. The van der Waals surface area contributed by atoms with Crippen molar-refractivity contribution < 1.29 is 78.6 Å². The quantitative estimate of drug-likeness (QED) is 0.0228. The number of hydrogen-bond donors (Lipinski definition) is 8. The zero-order valence-corrected chi connectivity index (χ0v) is 42.2. The number of nitrogens with one attached hydrogen (secondary N) is 3. The zero-order chi connectivity index (χ0) is 53.3. The van der Waals surface area contributed by atoms with Gasteiger partial charge in [0.25, 0.3) is 32.1 Å². The van der Waals surface area contributed by atoms with E-state index in [4.69, 9.17) is 39.9 Å². The maximum atomic E-state index is 13.6. The number of amides is 3. The highest BCUT2D eigenvalue weighted by atomic mass is 32.2. The molecule has 0 bridgehead atoms. The lowest BCUT2D eigenvalue weighted by Crippen LogP contribution is -2.58. The molecule has 3 amide bonds. The Labute approximate surface area is 425 Å². The molecule has 1 spiro atoms. The third-order valence-corrected chi connectivity index (χ3v) is 15.5. The molecule has 2 fully saturated rings. The molecule has 1 aromatic heterocycles. The van der Waals surface area contributed by atoms with E-state index in [1.165, 1.54) is 30.3 Å². The van der Waals surface area contributed by atoms with Crippen LogP contribution in [-0.2, 0) is 49.6 Å². The lowest BCUT2D eigenvalue weighted by atomic mass is 9.77. The normalized spacial score (nSPS) is 17.5. The van der Waals surface area contributed by atoms with Gasteiger partial charge in [0.1, 0.15) is 16.9 Å². The van der Waals surface area contributed by atoms with Gasteiger partial charge < -0.3 is 65.8 Å². The van der Waals surface area contributed by atoms with E-state index in [1.807, 2.05) is 4.90 Å². The fourth-order valence-corrected chi connectivity index (χ4v) is 10.8. The fraction of sp³-hybridized carbons (Fsp3) is 0.438. The molecular weight excluding hydrogens is 1010 g/mol. The number of aliphatic hydroxyl groups is 1. The van der Waals surface area contributed by atoms with Crippen LogP contribution in [-0.4, -0.2) is 144 Å². The van der Waals surface area contributed by atoms with Crippen LogP contribution in [0.2, 0.25) is 0 Å². The Kier molecular flexibility index (Phi) is 15.4. The maximum Gasteiger partial charge on any atom is 0.340 e. The van der Waals surface area contributed by atoms with Crippen LogP contribution < -0.4 is 41.8 Å². The first-order valence-electron chi connectivity index (χ1n) is 23.6. The summed E-state index contributed by atoms with van der Waals surface area (Å²) >= 11 is 0. The number of pyridine rings is 1. The van der Waals surface area contributed by atoms with E-state index in [9.17, 15) is 50.2 Å². The van der Waals surface area contributed by atoms with Gasteiger partial charge in [0.2, 0.25) is 11.8 Å². The summed E-state index contributed by atoms with van der Waals surface area (Å²) in [5.74, 6) is -3.30. The number of fused-ring (bicyclic) bond motifs is 6. The van der Waals surface area contributed by atoms with E-state index in [0.717, 1.165) is 24.2 Å². The molecule has 10 N–H and O–H groups in total. The second-order valence-corrected chi connectivity index (χ2v) is 20.8. The summed E-state index contributed by atoms with van der Waals surface area (Å²) < 4.78 is 106. The number of methoxy groups -OCH3 is 1. The summed E-state index contributed by atoms with van der Waals surface area (Å²) in [5.41, 5.74) is 7.61. The largest absolute Gasteiger partial charge is 0.476 e. The van der Waals surface area contributed by atoms with Gasteiger partial charge in [-0.05, 0) is 85.7 Å². The van der Waals surface area contributed by atoms with Crippen molar-refractivity contribution in [2.45, 2.75) is 60.1 Å². The Morgan fingerprint density at radius 2 is 1.43 bits per heavy atom. The summed E-state index contributed by atoms with van der Waals surface area (Å²) in [6.45, 7) is 5.86. The molecule has 8 rings (SSSR count). The van der Waals surface area contributed by atoms with Crippen molar-refractivity contribution in [3.05, 3.63) is 88.1 Å². The summed E-state index contributed by atoms with van der Waals surface area (Å²) in [6.07, 6.45) is 1.50.